The van der Waals surface area contributed by atoms with Gasteiger partial charge in [-0.1, -0.05) is 30.3 Å². The van der Waals surface area contributed by atoms with Crippen molar-refractivity contribution in [2.45, 2.75) is 39.1 Å². The Morgan fingerprint density at radius 3 is 2.56 bits per heavy atom. The summed E-state index contributed by atoms with van der Waals surface area (Å²) in [5, 5.41) is 5.62. The van der Waals surface area contributed by atoms with E-state index in [1.807, 2.05) is 65.5 Å². The Kier molecular flexibility index (Phi) is 6.47. The van der Waals surface area contributed by atoms with Crippen LogP contribution in [-0.4, -0.2) is 51.1 Å². The average molecular weight is 459 g/mol. The molecule has 1 aliphatic rings. The van der Waals surface area contributed by atoms with Crippen LogP contribution in [0.2, 0.25) is 0 Å². The second kappa shape index (κ2) is 9.83. The average Bonchev–Trinajstić information content (AvgIpc) is 3.25. The molecule has 0 spiro atoms. The summed E-state index contributed by atoms with van der Waals surface area (Å²) in [4.78, 5) is 15.3. The summed E-state index contributed by atoms with van der Waals surface area (Å²) in [7, 11) is 0. The third-order valence-corrected chi connectivity index (χ3v) is 6.46. The molecule has 7 nitrogen and oxygen atoms in total. The number of pyridine rings is 1. The first-order valence-corrected chi connectivity index (χ1v) is 11.8. The van der Waals surface area contributed by atoms with Gasteiger partial charge in [-0.25, -0.2) is 0 Å². The van der Waals surface area contributed by atoms with Crippen molar-refractivity contribution in [3.8, 4) is 11.4 Å². The van der Waals surface area contributed by atoms with Gasteiger partial charge in [-0.15, -0.1) is 0 Å². The smallest absolute Gasteiger partial charge is 0.258 e. The zero-order valence-corrected chi connectivity index (χ0v) is 19.6. The second-order valence-electron chi connectivity index (χ2n) is 8.93. The molecule has 0 aliphatic carbocycles. The summed E-state index contributed by atoms with van der Waals surface area (Å²) in [5.74, 6) is 0.561. The number of ether oxygens (including phenoxy) is 2. The van der Waals surface area contributed by atoms with Gasteiger partial charge < -0.3 is 9.47 Å². The number of fused-ring (bicyclic) bond motifs is 1. The van der Waals surface area contributed by atoms with E-state index in [1.165, 1.54) is 6.07 Å². The van der Waals surface area contributed by atoms with Crippen LogP contribution in [0, 0.1) is 0 Å². The number of nitrogens with zero attached hydrogens (tertiary/aromatic N) is 4. The maximum absolute atomic E-state index is 12.8. The van der Waals surface area contributed by atoms with Crippen LogP contribution in [0.15, 0.2) is 77.9 Å². The topological polar surface area (TPSA) is 61.5 Å². The van der Waals surface area contributed by atoms with Gasteiger partial charge in [0.15, 0.2) is 0 Å². The molecule has 176 valence electrons. The van der Waals surface area contributed by atoms with E-state index in [0.717, 1.165) is 48.5 Å². The third kappa shape index (κ3) is 4.76. The lowest BCUT2D eigenvalue weighted by atomic mass is 10.2. The first kappa shape index (κ1) is 22.4. The zero-order valence-electron chi connectivity index (χ0n) is 19.6. The SMILES string of the molecule is CC1COCC(C)N1CCn1ncc2cc(-n3ccc(OCc4ccccc4)cc3=O)ccc21. The molecular formula is C27H30N4O3. The van der Waals surface area contributed by atoms with E-state index in [2.05, 4.69) is 23.8 Å². The maximum Gasteiger partial charge on any atom is 0.258 e. The van der Waals surface area contributed by atoms with E-state index in [4.69, 9.17) is 9.47 Å². The number of aromatic nitrogens is 3. The predicted octanol–water partition coefficient (Wildman–Crippen LogP) is 3.88. The lowest BCUT2D eigenvalue weighted by molar-refractivity contribution is -0.0380. The highest BCUT2D eigenvalue weighted by Gasteiger charge is 2.25. The van der Waals surface area contributed by atoms with E-state index in [0.29, 0.717) is 24.4 Å². The summed E-state index contributed by atoms with van der Waals surface area (Å²) >= 11 is 0. The first-order chi connectivity index (χ1) is 16.6. The molecule has 3 heterocycles. The minimum Gasteiger partial charge on any atom is -0.489 e. The van der Waals surface area contributed by atoms with Gasteiger partial charge in [0, 0.05) is 42.0 Å². The molecule has 0 radical (unpaired) electrons. The molecule has 2 atom stereocenters. The lowest BCUT2D eigenvalue weighted by Gasteiger charge is -2.38. The minimum absolute atomic E-state index is 0.132. The molecule has 0 N–H and O–H groups in total. The lowest BCUT2D eigenvalue weighted by Crippen LogP contribution is -2.50. The predicted molar refractivity (Wildman–Crippen MR) is 133 cm³/mol. The van der Waals surface area contributed by atoms with Gasteiger partial charge in [0.1, 0.15) is 12.4 Å². The van der Waals surface area contributed by atoms with Crippen molar-refractivity contribution < 1.29 is 9.47 Å². The molecule has 5 rings (SSSR count). The van der Waals surface area contributed by atoms with E-state index in [-0.39, 0.29) is 5.56 Å². The fourth-order valence-corrected chi connectivity index (χ4v) is 4.59. The van der Waals surface area contributed by atoms with Gasteiger partial charge in [-0.05, 0) is 43.7 Å². The van der Waals surface area contributed by atoms with Gasteiger partial charge >= 0.3 is 0 Å². The van der Waals surface area contributed by atoms with Crippen molar-refractivity contribution in [2.24, 2.45) is 0 Å². The van der Waals surface area contributed by atoms with Crippen LogP contribution >= 0.6 is 0 Å². The molecule has 2 aromatic heterocycles. The molecule has 0 amide bonds. The Balaban J connectivity index is 1.29. The molecular weight excluding hydrogens is 428 g/mol. The van der Waals surface area contributed by atoms with Crippen LogP contribution in [-0.2, 0) is 17.9 Å². The van der Waals surface area contributed by atoms with E-state index < -0.39 is 0 Å². The number of hydrogen-bond acceptors (Lipinski definition) is 5. The van der Waals surface area contributed by atoms with Gasteiger partial charge in [0.05, 0.1) is 31.5 Å². The van der Waals surface area contributed by atoms with E-state index in [1.54, 1.807) is 10.8 Å². The van der Waals surface area contributed by atoms with E-state index >= 15 is 0 Å². The van der Waals surface area contributed by atoms with Crippen molar-refractivity contribution in [3.05, 3.63) is 89.0 Å². The highest BCUT2D eigenvalue weighted by molar-refractivity contribution is 5.80. The van der Waals surface area contributed by atoms with Crippen LogP contribution in [0.5, 0.6) is 5.75 Å². The van der Waals surface area contributed by atoms with Crippen molar-refractivity contribution >= 4 is 10.9 Å². The third-order valence-electron chi connectivity index (χ3n) is 6.46. The summed E-state index contributed by atoms with van der Waals surface area (Å²) in [6.07, 6.45) is 3.63. The van der Waals surface area contributed by atoms with Crippen LogP contribution < -0.4 is 10.3 Å². The molecule has 2 unspecified atom stereocenters. The standard InChI is InChI=1S/C27H30N4O3/c1-20-17-33-18-21(2)29(20)12-13-31-26-9-8-24(14-23(26)16-28-31)30-11-10-25(15-27(30)32)34-19-22-6-4-3-5-7-22/h3-11,14-16,20-21H,12-13,17-19H2,1-2H3. The van der Waals surface area contributed by atoms with Crippen LogP contribution in [0.25, 0.3) is 16.6 Å². The molecule has 7 heteroatoms. The van der Waals surface area contributed by atoms with Gasteiger partial charge in [-0.3, -0.25) is 18.9 Å². The number of rotatable bonds is 7. The van der Waals surface area contributed by atoms with Gasteiger partial charge in [0.2, 0.25) is 0 Å². The zero-order chi connectivity index (χ0) is 23.5. The fraction of sp³-hybridized carbons (Fsp3) is 0.333. The second-order valence-corrected chi connectivity index (χ2v) is 8.93. The van der Waals surface area contributed by atoms with Crippen molar-refractivity contribution in [1.82, 2.24) is 19.2 Å². The maximum atomic E-state index is 12.8. The van der Waals surface area contributed by atoms with Crippen LogP contribution in [0.1, 0.15) is 19.4 Å². The van der Waals surface area contributed by atoms with Crippen LogP contribution in [0.4, 0.5) is 0 Å². The molecule has 1 saturated heterocycles. The highest BCUT2D eigenvalue weighted by atomic mass is 16.5. The van der Waals surface area contributed by atoms with Crippen molar-refractivity contribution in [1.29, 1.82) is 0 Å². The Hall–Kier alpha value is -3.42. The van der Waals surface area contributed by atoms with Crippen molar-refractivity contribution in [3.63, 3.8) is 0 Å². The Morgan fingerprint density at radius 2 is 1.79 bits per heavy atom. The molecule has 2 aromatic carbocycles. The number of hydrogen-bond donors (Lipinski definition) is 0. The monoisotopic (exact) mass is 458 g/mol. The normalized spacial score (nSPS) is 18.9. The molecule has 1 aliphatic heterocycles. The first-order valence-electron chi connectivity index (χ1n) is 11.8. The molecule has 34 heavy (non-hydrogen) atoms. The highest BCUT2D eigenvalue weighted by Crippen LogP contribution is 2.20. The van der Waals surface area contributed by atoms with Crippen molar-refractivity contribution in [2.75, 3.05) is 19.8 Å². The molecule has 0 bridgehead atoms. The summed E-state index contributed by atoms with van der Waals surface area (Å²) < 4.78 is 15.1. The van der Waals surface area contributed by atoms with Gasteiger partial charge in [0.25, 0.3) is 5.56 Å². The van der Waals surface area contributed by atoms with Crippen LogP contribution in [0.3, 0.4) is 0 Å². The molecule has 4 aromatic rings. The van der Waals surface area contributed by atoms with E-state index in [9.17, 15) is 4.79 Å². The summed E-state index contributed by atoms with van der Waals surface area (Å²) in [6, 6.07) is 20.1. The Bertz CT molecular complexity index is 1300. The molecule has 0 saturated carbocycles. The molecule has 1 fully saturated rings. The number of benzene rings is 2. The fourth-order valence-electron chi connectivity index (χ4n) is 4.59. The summed E-state index contributed by atoms with van der Waals surface area (Å²) in [6.45, 7) is 8.13. The van der Waals surface area contributed by atoms with Gasteiger partial charge in [-0.2, -0.15) is 5.10 Å². The largest absolute Gasteiger partial charge is 0.489 e. The minimum atomic E-state index is -0.132. The Labute approximate surface area is 199 Å². The number of morpholine rings is 1. The summed E-state index contributed by atoms with van der Waals surface area (Å²) in [5.41, 5.74) is 2.80. The quantitative estimate of drug-likeness (QED) is 0.421. The Morgan fingerprint density at radius 1 is 1.00 bits per heavy atom.